The van der Waals surface area contributed by atoms with Gasteiger partial charge in [-0.3, -0.25) is 4.52 Å². The molecule has 0 bridgehead atoms. The van der Waals surface area contributed by atoms with E-state index in [2.05, 4.69) is 11.4 Å². The van der Waals surface area contributed by atoms with E-state index in [9.17, 15) is 4.57 Å². The van der Waals surface area contributed by atoms with Crippen molar-refractivity contribution >= 4 is 8.69 Å². The average molecular weight is 190 g/mol. The topological polar surface area (TPSA) is 26.3 Å². The Bertz CT molecular complexity index is 96.5. The molecule has 0 amide bonds. The van der Waals surface area contributed by atoms with Gasteiger partial charge in [-0.15, -0.1) is 0 Å². The van der Waals surface area contributed by atoms with Crippen molar-refractivity contribution in [3.8, 4) is 0 Å². The monoisotopic (exact) mass is 190 g/mol. The van der Waals surface area contributed by atoms with E-state index in [4.69, 9.17) is 0 Å². The first-order valence-electron chi connectivity index (χ1n) is 4.86. The number of hydrogen-bond donors (Lipinski definition) is 0. The molecular weight excluding hydrogens is 171 g/mol. The number of rotatable bonds is 9. The van der Waals surface area contributed by atoms with E-state index in [1.807, 2.05) is 0 Å². The van der Waals surface area contributed by atoms with Crippen molar-refractivity contribution in [2.45, 2.75) is 51.9 Å². The zero-order valence-electron chi connectivity index (χ0n) is 7.92. The van der Waals surface area contributed by atoms with Gasteiger partial charge in [0.1, 0.15) is 0 Å². The fourth-order valence-electron chi connectivity index (χ4n) is 1.16. The van der Waals surface area contributed by atoms with E-state index in [-0.39, 0.29) is 8.69 Å². The van der Waals surface area contributed by atoms with Crippen LogP contribution in [0, 0.1) is 0 Å². The molecule has 72 valence electrons. The van der Waals surface area contributed by atoms with Gasteiger partial charge in [0, 0.05) is 0 Å². The molecule has 3 heteroatoms. The van der Waals surface area contributed by atoms with Crippen molar-refractivity contribution in [3.63, 3.8) is 0 Å². The van der Waals surface area contributed by atoms with Crippen molar-refractivity contribution in [1.82, 2.24) is 0 Å². The van der Waals surface area contributed by atoms with E-state index < -0.39 is 0 Å². The van der Waals surface area contributed by atoms with E-state index >= 15 is 0 Å². The van der Waals surface area contributed by atoms with Crippen LogP contribution in [0.25, 0.3) is 0 Å². The molecule has 0 rings (SSSR count). The molecule has 0 radical (unpaired) electrons. The Morgan fingerprint density at radius 2 is 1.58 bits per heavy atom. The van der Waals surface area contributed by atoms with Crippen molar-refractivity contribution in [3.05, 3.63) is 0 Å². The predicted octanol–water partition coefficient (Wildman–Crippen LogP) is 3.96. The molecular formula is C9H19O2P. The SMILES string of the molecule is CCCCCCCCCOP=O. The molecule has 0 aliphatic rings. The maximum absolute atomic E-state index is 9.85. The molecule has 0 saturated heterocycles. The molecule has 0 aliphatic heterocycles. The molecule has 0 aromatic rings. The van der Waals surface area contributed by atoms with Crippen molar-refractivity contribution in [2.24, 2.45) is 0 Å². The highest BCUT2D eigenvalue weighted by Crippen LogP contribution is 2.07. The lowest BCUT2D eigenvalue weighted by Gasteiger charge is -1.98. The molecule has 2 nitrogen and oxygen atoms in total. The van der Waals surface area contributed by atoms with E-state index in [1.165, 1.54) is 38.5 Å². The van der Waals surface area contributed by atoms with Gasteiger partial charge in [-0.25, -0.2) is 4.57 Å². The first kappa shape index (κ1) is 12.1. The molecule has 0 fully saturated rings. The molecule has 0 aromatic heterocycles. The van der Waals surface area contributed by atoms with Gasteiger partial charge in [0.2, 0.25) is 0 Å². The average Bonchev–Trinajstić information content (AvgIpc) is 2.10. The van der Waals surface area contributed by atoms with Gasteiger partial charge in [-0.05, 0) is 6.42 Å². The van der Waals surface area contributed by atoms with Gasteiger partial charge < -0.3 is 0 Å². The molecule has 0 heterocycles. The molecule has 0 atom stereocenters. The first-order chi connectivity index (χ1) is 5.91. The predicted molar refractivity (Wildman–Crippen MR) is 51.6 cm³/mol. The second kappa shape index (κ2) is 11.1. The van der Waals surface area contributed by atoms with Crippen LogP contribution >= 0.6 is 8.69 Å². The van der Waals surface area contributed by atoms with Crippen LogP contribution in [-0.4, -0.2) is 6.61 Å². The highest BCUT2D eigenvalue weighted by Gasteiger charge is 1.90. The Balaban J connectivity index is 2.77. The summed E-state index contributed by atoms with van der Waals surface area (Å²) in [5, 5.41) is 0. The number of hydrogen-bond acceptors (Lipinski definition) is 2. The summed E-state index contributed by atoms with van der Waals surface area (Å²) in [6.45, 7) is 2.86. The van der Waals surface area contributed by atoms with Crippen molar-refractivity contribution in [2.75, 3.05) is 6.61 Å². The van der Waals surface area contributed by atoms with Crippen LogP contribution in [-0.2, 0) is 9.09 Å². The summed E-state index contributed by atoms with van der Waals surface area (Å²) < 4.78 is 14.5. The number of unbranched alkanes of at least 4 members (excludes halogenated alkanes) is 6. The van der Waals surface area contributed by atoms with Gasteiger partial charge in [-0.1, -0.05) is 45.4 Å². The Morgan fingerprint density at radius 1 is 1.00 bits per heavy atom. The minimum atomic E-state index is -0.178. The highest BCUT2D eigenvalue weighted by molar-refractivity contribution is 7.17. The van der Waals surface area contributed by atoms with Crippen molar-refractivity contribution in [1.29, 1.82) is 0 Å². The fraction of sp³-hybridized carbons (Fsp3) is 1.00. The molecule has 0 spiro atoms. The van der Waals surface area contributed by atoms with Crippen LogP contribution in [0.2, 0.25) is 0 Å². The highest BCUT2D eigenvalue weighted by atomic mass is 31.1. The molecule has 0 N–H and O–H groups in total. The summed E-state index contributed by atoms with van der Waals surface area (Å²) in [4.78, 5) is 0. The first-order valence-corrected chi connectivity index (χ1v) is 5.59. The lowest BCUT2D eigenvalue weighted by molar-refractivity contribution is 0.328. The molecule has 0 saturated carbocycles. The maximum Gasteiger partial charge on any atom is 0.327 e. The third-order valence-electron chi connectivity index (χ3n) is 1.89. The van der Waals surface area contributed by atoms with Gasteiger partial charge in [0.05, 0.1) is 6.61 Å². The third kappa shape index (κ3) is 10.1. The van der Waals surface area contributed by atoms with E-state index in [0.717, 1.165) is 6.42 Å². The maximum atomic E-state index is 9.85. The Labute approximate surface area is 77.0 Å². The van der Waals surface area contributed by atoms with Gasteiger partial charge >= 0.3 is 8.69 Å². The Hall–Kier alpha value is 0.0600. The summed E-state index contributed by atoms with van der Waals surface area (Å²) >= 11 is 0. The summed E-state index contributed by atoms with van der Waals surface area (Å²) in [5.74, 6) is 0. The normalized spacial score (nSPS) is 10.8. The second-order valence-corrected chi connectivity index (χ2v) is 3.44. The quantitative estimate of drug-likeness (QED) is 0.406. The summed E-state index contributed by atoms with van der Waals surface area (Å²) in [7, 11) is -0.178. The lowest BCUT2D eigenvalue weighted by atomic mass is 10.1. The summed E-state index contributed by atoms with van der Waals surface area (Å²) in [5.41, 5.74) is 0. The van der Waals surface area contributed by atoms with Gasteiger partial charge in [0.15, 0.2) is 0 Å². The minimum absolute atomic E-state index is 0.178. The van der Waals surface area contributed by atoms with E-state index in [1.54, 1.807) is 0 Å². The Kier molecular flexibility index (Phi) is 11.1. The van der Waals surface area contributed by atoms with Crippen LogP contribution in [0.3, 0.4) is 0 Å². The van der Waals surface area contributed by atoms with E-state index in [0.29, 0.717) is 6.61 Å². The lowest BCUT2D eigenvalue weighted by Crippen LogP contribution is -1.85. The van der Waals surface area contributed by atoms with Crippen LogP contribution in [0.1, 0.15) is 51.9 Å². The smallest absolute Gasteiger partial charge is 0.294 e. The molecule has 0 aliphatic carbocycles. The van der Waals surface area contributed by atoms with Gasteiger partial charge in [-0.2, -0.15) is 0 Å². The standard InChI is InChI=1S/C9H19O2P/c1-2-3-4-5-6-7-8-9-11-12-10/h2-9H2,1H3. The third-order valence-corrected chi connectivity index (χ3v) is 2.18. The molecule has 0 unspecified atom stereocenters. The van der Waals surface area contributed by atoms with Crippen LogP contribution in [0.15, 0.2) is 0 Å². The molecule has 12 heavy (non-hydrogen) atoms. The minimum Gasteiger partial charge on any atom is -0.294 e. The zero-order chi connectivity index (χ0) is 9.07. The van der Waals surface area contributed by atoms with Crippen LogP contribution in [0.4, 0.5) is 0 Å². The van der Waals surface area contributed by atoms with Gasteiger partial charge in [0.25, 0.3) is 0 Å². The molecule has 0 aromatic carbocycles. The second-order valence-electron chi connectivity index (χ2n) is 3.03. The fourth-order valence-corrected chi connectivity index (χ4v) is 1.36. The van der Waals surface area contributed by atoms with Crippen molar-refractivity contribution < 1.29 is 9.09 Å². The zero-order valence-corrected chi connectivity index (χ0v) is 8.81. The summed E-state index contributed by atoms with van der Waals surface area (Å²) in [6, 6.07) is 0. The largest absolute Gasteiger partial charge is 0.327 e. The summed E-state index contributed by atoms with van der Waals surface area (Å²) in [6.07, 6.45) is 8.90. The van der Waals surface area contributed by atoms with Crippen LogP contribution in [0.5, 0.6) is 0 Å². The van der Waals surface area contributed by atoms with Crippen LogP contribution < -0.4 is 0 Å². The Morgan fingerprint density at radius 3 is 2.17 bits per heavy atom.